The zero-order chi connectivity index (χ0) is 16.1. The van der Waals surface area contributed by atoms with E-state index in [0.717, 1.165) is 22.6 Å². The van der Waals surface area contributed by atoms with Crippen molar-refractivity contribution in [2.45, 2.75) is 33.6 Å². The summed E-state index contributed by atoms with van der Waals surface area (Å²) in [4.78, 5) is 12.0. The van der Waals surface area contributed by atoms with Gasteiger partial charge in [0.2, 0.25) is 0 Å². The lowest BCUT2D eigenvalue weighted by molar-refractivity contribution is -0.118. The molecule has 22 heavy (non-hydrogen) atoms. The van der Waals surface area contributed by atoms with Gasteiger partial charge in [0.25, 0.3) is 5.91 Å². The van der Waals surface area contributed by atoms with E-state index in [0.29, 0.717) is 5.92 Å². The number of hydrogen-bond donors (Lipinski definition) is 1. The van der Waals surface area contributed by atoms with E-state index in [1.807, 2.05) is 50.2 Å². The summed E-state index contributed by atoms with van der Waals surface area (Å²) in [6, 6.07) is 13.8. The Labute approximate surface area is 132 Å². The number of carbonyl (C=O) groups is 1. The molecule has 1 amide bonds. The van der Waals surface area contributed by atoms with Crippen LogP contribution in [0.1, 0.15) is 36.5 Å². The lowest BCUT2D eigenvalue weighted by Gasteiger charge is -2.13. The van der Waals surface area contributed by atoms with Crippen molar-refractivity contribution >= 4 is 11.6 Å². The summed E-state index contributed by atoms with van der Waals surface area (Å²) in [6.45, 7) is 8.28. The Kier molecular flexibility index (Phi) is 5.21. The average molecular weight is 297 g/mol. The highest BCUT2D eigenvalue weighted by molar-refractivity contribution is 5.91. The first-order valence-electron chi connectivity index (χ1n) is 7.55. The Hall–Kier alpha value is -2.29. The van der Waals surface area contributed by atoms with Gasteiger partial charge in [-0.1, -0.05) is 43.7 Å². The van der Waals surface area contributed by atoms with Crippen LogP contribution < -0.4 is 10.1 Å². The van der Waals surface area contributed by atoms with Gasteiger partial charge in [-0.3, -0.25) is 4.79 Å². The molecule has 0 aliphatic carbocycles. The Morgan fingerprint density at radius 3 is 2.41 bits per heavy atom. The first kappa shape index (κ1) is 16.1. The van der Waals surface area contributed by atoms with Crippen molar-refractivity contribution < 1.29 is 9.53 Å². The van der Waals surface area contributed by atoms with Crippen LogP contribution in [-0.4, -0.2) is 12.5 Å². The van der Waals surface area contributed by atoms with Crippen molar-refractivity contribution in [2.75, 3.05) is 11.9 Å². The topological polar surface area (TPSA) is 38.3 Å². The summed E-state index contributed by atoms with van der Waals surface area (Å²) in [5.41, 5.74) is 4.19. The summed E-state index contributed by atoms with van der Waals surface area (Å²) < 4.78 is 5.67. The van der Waals surface area contributed by atoms with E-state index in [1.54, 1.807) is 0 Å². The second kappa shape index (κ2) is 7.12. The fourth-order valence-electron chi connectivity index (χ4n) is 2.11. The van der Waals surface area contributed by atoms with Crippen LogP contribution in [0.2, 0.25) is 0 Å². The van der Waals surface area contributed by atoms with Gasteiger partial charge in [-0.15, -0.1) is 0 Å². The van der Waals surface area contributed by atoms with E-state index >= 15 is 0 Å². The van der Waals surface area contributed by atoms with Crippen LogP contribution in [0.4, 0.5) is 5.69 Å². The molecule has 0 saturated heterocycles. The lowest BCUT2D eigenvalue weighted by Crippen LogP contribution is -2.20. The molecule has 3 heteroatoms. The quantitative estimate of drug-likeness (QED) is 0.885. The maximum Gasteiger partial charge on any atom is 0.262 e. The van der Waals surface area contributed by atoms with Gasteiger partial charge >= 0.3 is 0 Å². The largest absolute Gasteiger partial charge is 0.483 e. The Morgan fingerprint density at radius 1 is 1.09 bits per heavy atom. The SMILES string of the molecule is Cc1ccc(NC(=O)COc2cc(C(C)C)ccc2C)cc1. The molecule has 0 spiro atoms. The molecule has 0 bridgehead atoms. The first-order chi connectivity index (χ1) is 10.5. The van der Waals surface area contributed by atoms with Crippen LogP contribution in [0.25, 0.3) is 0 Å². The maximum atomic E-state index is 12.0. The van der Waals surface area contributed by atoms with Crippen molar-refractivity contribution in [1.82, 2.24) is 0 Å². The molecular weight excluding hydrogens is 274 g/mol. The molecule has 1 N–H and O–H groups in total. The first-order valence-corrected chi connectivity index (χ1v) is 7.55. The second-order valence-corrected chi connectivity index (χ2v) is 5.88. The zero-order valence-corrected chi connectivity index (χ0v) is 13.6. The van der Waals surface area contributed by atoms with Gasteiger partial charge < -0.3 is 10.1 Å². The summed E-state index contributed by atoms with van der Waals surface area (Å²) in [7, 11) is 0. The number of rotatable bonds is 5. The molecule has 0 aliphatic rings. The standard InChI is InChI=1S/C19H23NO2/c1-13(2)16-8-7-15(4)18(11-16)22-12-19(21)20-17-9-5-14(3)6-10-17/h5-11,13H,12H2,1-4H3,(H,20,21). The van der Waals surface area contributed by atoms with Gasteiger partial charge in [0.05, 0.1) is 0 Å². The van der Waals surface area contributed by atoms with Gasteiger partial charge in [-0.05, 0) is 49.1 Å². The number of amides is 1. The minimum Gasteiger partial charge on any atom is -0.483 e. The summed E-state index contributed by atoms with van der Waals surface area (Å²) >= 11 is 0. The van der Waals surface area contributed by atoms with Gasteiger partial charge in [0.1, 0.15) is 5.75 Å². The second-order valence-electron chi connectivity index (χ2n) is 5.88. The number of aryl methyl sites for hydroxylation is 2. The van der Waals surface area contributed by atoms with Crippen molar-refractivity contribution in [3.63, 3.8) is 0 Å². The summed E-state index contributed by atoms with van der Waals surface area (Å²) in [6.07, 6.45) is 0. The van der Waals surface area contributed by atoms with Gasteiger partial charge in [0.15, 0.2) is 6.61 Å². The van der Waals surface area contributed by atoms with Crippen LogP contribution in [0.5, 0.6) is 5.75 Å². The number of hydrogen-bond acceptors (Lipinski definition) is 2. The highest BCUT2D eigenvalue weighted by Crippen LogP contribution is 2.24. The van der Waals surface area contributed by atoms with E-state index in [4.69, 9.17) is 4.74 Å². The van der Waals surface area contributed by atoms with Crippen molar-refractivity contribution in [1.29, 1.82) is 0 Å². The predicted molar refractivity (Wildman–Crippen MR) is 90.6 cm³/mol. The minimum absolute atomic E-state index is 0.0102. The third kappa shape index (κ3) is 4.35. The molecular formula is C19H23NO2. The fraction of sp³-hybridized carbons (Fsp3) is 0.316. The van der Waals surface area contributed by atoms with Crippen LogP contribution >= 0.6 is 0 Å². The molecule has 0 unspecified atom stereocenters. The lowest BCUT2D eigenvalue weighted by atomic mass is 10.0. The van der Waals surface area contributed by atoms with Crippen molar-refractivity contribution in [3.8, 4) is 5.75 Å². The van der Waals surface area contributed by atoms with E-state index < -0.39 is 0 Å². The van der Waals surface area contributed by atoms with E-state index in [1.165, 1.54) is 5.56 Å². The zero-order valence-electron chi connectivity index (χ0n) is 13.6. The van der Waals surface area contributed by atoms with Crippen molar-refractivity contribution in [2.24, 2.45) is 0 Å². The molecule has 3 nitrogen and oxygen atoms in total. The highest BCUT2D eigenvalue weighted by Gasteiger charge is 2.08. The Balaban J connectivity index is 1.96. The fourth-order valence-corrected chi connectivity index (χ4v) is 2.11. The third-order valence-corrected chi connectivity index (χ3v) is 3.57. The number of nitrogens with one attached hydrogen (secondary N) is 1. The van der Waals surface area contributed by atoms with Gasteiger partial charge in [0, 0.05) is 5.69 Å². The number of ether oxygens (including phenoxy) is 1. The Bertz CT molecular complexity index is 645. The third-order valence-electron chi connectivity index (χ3n) is 3.57. The normalized spacial score (nSPS) is 10.6. The monoisotopic (exact) mass is 297 g/mol. The maximum absolute atomic E-state index is 12.0. The molecule has 0 radical (unpaired) electrons. The van der Waals surface area contributed by atoms with Crippen LogP contribution in [-0.2, 0) is 4.79 Å². The molecule has 0 aliphatic heterocycles. The smallest absolute Gasteiger partial charge is 0.262 e. The molecule has 116 valence electrons. The predicted octanol–water partition coefficient (Wildman–Crippen LogP) is 4.44. The molecule has 0 saturated carbocycles. The molecule has 0 atom stereocenters. The average Bonchev–Trinajstić information content (AvgIpc) is 2.48. The number of benzene rings is 2. The molecule has 0 heterocycles. The molecule has 2 aromatic rings. The van der Waals surface area contributed by atoms with Gasteiger partial charge in [-0.2, -0.15) is 0 Å². The van der Waals surface area contributed by atoms with Crippen LogP contribution in [0.15, 0.2) is 42.5 Å². The van der Waals surface area contributed by atoms with Crippen LogP contribution in [0.3, 0.4) is 0 Å². The van der Waals surface area contributed by atoms with Crippen LogP contribution in [0, 0.1) is 13.8 Å². The number of carbonyl (C=O) groups excluding carboxylic acids is 1. The highest BCUT2D eigenvalue weighted by atomic mass is 16.5. The van der Waals surface area contributed by atoms with Crippen molar-refractivity contribution in [3.05, 3.63) is 59.2 Å². The van der Waals surface area contributed by atoms with Gasteiger partial charge in [-0.25, -0.2) is 0 Å². The molecule has 2 aromatic carbocycles. The van der Waals surface area contributed by atoms with E-state index in [2.05, 4.69) is 25.2 Å². The molecule has 0 fully saturated rings. The Morgan fingerprint density at radius 2 is 1.77 bits per heavy atom. The van der Waals surface area contributed by atoms with E-state index in [9.17, 15) is 4.79 Å². The van der Waals surface area contributed by atoms with E-state index in [-0.39, 0.29) is 12.5 Å². The number of anilines is 1. The molecule has 2 rings (SSSR count). The minimum atomic E-state index is -0.154. The summed E-state index contributed by atoms with van der Waals surface area (Å²) in [5.74, 6) is 1.05. The summed E-state index contributed by atoms with van der Waals surface area (Å²) in [5, 5.41) is 2.83. The molecule has 0 aromatic heterocycles.